The van der Waals surface area contributed by atoms with E-state index in [4.69, 9.17) is 4.74 Å². The molecule has 0 aliphatic carbocycles. The normalized spacial score (nSPS) is 9.82. The van der Waals surface area contributed by atoms with Gasteiger partial charge in [-0.05, 0) is 18.2 Å². The van der Waals surface area contributed by atoms with Crippen molar-refractivity contribution in [1.82, 2.24) is 0 Å². The Bertz CT molecular complexity index is 700. The van der Waals surface area contributed by atoms with Crippen molar-refractivity contribution in [3.8, 4) is 0 Å². The molecular weight excluding hydrogens is 288 g/mol. The van der Waals surface area contributed by atoms with Gasteiger partial charge in [0.05, 0.1) is 10.5 Å². The Morgan fingerprint density at radius 1 is 1.09 bits per heavy atom. The summed E-state index contributed by atoms with van der Waals surface area (Å²) in [4.78, 5) is 33.4. The van der Waals surface area contributed by atoms with E-state index in [1.54, 1.807) is 30.3 Å². The van der Waals surface area contributed by atoms with Gasteiger partial charge in [-0.15, -0.1) is 0 Å². The highest BCUT2D eigenvalue weighted by atomic mass is 16.6. The number of para-hydroxylation sites is 1. The molecule has 1 amide bonds. The molecule has 0 saturated heterocycles. The number of rotatable bonds is 5. The second-order valence-electron chi connectivity index (χ2n) is 4.30. The Labute approximate surface area is 125 Å². The van der Waals surface area contributed by atoms with Gasteiger partial charge >= 0.3 is 5.97 Å². The van der Waals surface area contributed by atoms with Gasteiger partial charge in [-0.25, -0.2) is 4.79 Å². The van der Waals surface area contributed by atoms with Gasteiger partial charge in [0.25, 0.3) is 11.6 Å². The fourth-order valence-corrected chi connectivity index (χ4v) is 1.68. The maximum Gasteiger partial charge on any atom is 0.338 e. The summed E-state index contributed by atoms with van der Waals surface area (Å²) in [6, 6.07) is 13.8. The lowest BCUT2D eigenvalue weighted by atomic mass is 10.2. The first-order valence-electron chi connectivity index (χ1n) is 6.33. The molecule has 2 aromatic carbocycles. The molecule has 0 heterocycles. The van der Waals surface area contributed by atoms with E-state index in [2.05, 4.69) is 5.32 Å². The third kappa shape index (κ3) is 4.14. The SMILES string of the molecule is O=C(COC(=O)c1cccc([N+](=O)[O-])c1)Nc1ccccc1. The van der Waals surface area contributed by atoms with Gasteiger partial charge in [0.1, 0.15) is 0 Å². The molecule has 0 aromatic heterocycles. The number of nitro groups is 1. The number of nitrogens with one attached hydrogen (secondary N) is 1. The zero-order chi connectivity index (χ0) is 15.9. The zero-order valence-corrected chi connectivity index (χ0v) is 11.4. The fourth-order valence-electron chi connectivity index (χ4n) is 1.68. The van der Waals surface area contributed by atoms with Gasteiger partial charge < -0.3 is 10.1 Å². The van der Waals surface area contributed by atoms with Crippen LogP contribution in [0.15, 0.2) is 54.6 Å². The van der Waals surface area contributed by atoms with E-state index in [1.807, 2.05) is 0 Å². The van der Waals surface area contributed by atoms with Crippen molar-refractivity contribution in [2.24, 2.45) is 0 Å². The number of carbonyl (C=O) groups is 2. The van der Waals surface area contributed by atoms with Gasteiger partial charge in [-0.1, -0.05) is 24.3 Å². The standard InChI is InChI=1S/C15H12N2O5/c18-14(16-12-6-2-1-3-7-12)10-22-15(19)11-5-4-8-13(9-11)17(20)21/h1-9H,10H2,(H,16,18). The maximum absolute atomic E-state index is 11.8. The van der Waals surface area contributed by atoms with Crippen LogP contribution >= 0.6 is 0 Å². The molecule has 0 aliphatic heterocycles. The fraction of sp³-hybridized carbons (Fsp3) is 0.0667. The highest BCUT2D eigenvalue weighted by Gasteiger charge is 2.14. The highest BCUT2D eigenvalue weighted by Crippen LogP contribution is 2.14. The number of ether oxygens (including phenoxy) is 1. The third-order valence-corrected chi connectivity index (χ3v) is 2.68. The van der Waals surface area contributed by atoms with E-state index in [1.165, 1.54) is 18.2 Å². The van der Waals surface area contributed by atoms with E-state index in [0.717, 1.165) is 6.07 Å². The number of carbonyl (C=O) groups excluding carboxylic acids is 2. The summed E-state index contributed by atoms with van der Waals surface area (Å²) in [5, 5.41) is 13.2. The number of anilines is 1. The molecule has 22 heavy (non-hydrogen) atoms. The van der Waals surface area contributed by atoms with Crippen molar-refractivity contribution in [3.05, 3.63) is 70.3 Å². The van der Waals surface area contributed by atoms with Gasteiger partial charge in [0.2, 0.25) is 0 Å². The van der Waals surface area contributed by atoms with Crippen molar-refractivity contribution in [2.75, 3.05) is 11.9 Å². The molecule has 0 fully saturated rings. The van der Waals surface area contributed by atoms with Gasteiger partial charge in [0, 0.05) is 17.8 Å². The summed E-state index contributed by atoms with van der Waals surface area (Å²) in [7, 11) is 0. The minimum absolute atomic E-state index is 0.0155. The molecule has 0 bridgehead atoms. The summed E-state index contributed by atoms with van der Waals surface area (Å²) in [6.07, 6.45) is 0. The summed E-state index contributed by atoms with van der Waals surface area (Å²) >= 11 is 0. The van der Waals surface area contributed by atoms with Gasteiger partial charge in [0.15, 0.2) is 6.61 Å². The molecular formula is C15H12N2O5. The van der Waals surface area contributed by atoms with E-state index in [-0.39, 0.29) is 11.3 Å². The van der Waals surface area contributed by atoms with Crippen LogP contribution in [-0.4, -0.2) is 23.4 Å². The highest BCUT2D eigenvalue weighted by molar-refractivity contribution is 5.95. The van der Waals surface area contributed by atoms with Crippen molar-refractivity contribution < 1.29 is 19.2 Å². The number of amides is 1. The first-order valence-corrected chi connectivity index (χ1v) is 6.33. The lowest BCUT2D eigenvalue weighted by Gasteiger charge is -2.06. The molecule has 0 aliphatic rings. The Morgan fingerprint density at radius 2 is 1.82 bits per heavy atom. The van der Waals surface area contributed by atoms with Crippen molar-refractivity contribution in [2.45, 2.75) is 0 Å². The van der Waals surface area contributed by atoms with Gasteiger partial charge in [-0.2, -0.15) is 0 Å². The Morgan fingerprint density at radius 3 is 2.50 bits per heavy atom. The smallest absolute Gasteiger partial charge is 0.338 e. The molecule has 7 heteroatoms. The molecule has 7 nitrogen and oxygen atoms in total. The second-order valence-corrected chi connectivity index (χ2v) is 4.30. The first-order chi connectivity index (χ1) is 10.6. The van der Waals surface area contributed by atoms with Crippen LogP contribution in [0.5, 0.6) is 0 Å². The number of nitro benzene ring substituents is 1. The van der Waals surface area contributed by atoms with Crippen LogP contribution in [0.3, 0.4) is 0 Å². The summed E-state index contributed by atoms with van der Waals surface area (Å²) < 4.78 is 4.82. The van der Waals surface area contributed by atoms with Crippen molar-refractivity contribution in [3.63, 3.8) is 0 Å². The molecule has 0 atom stereocenters. The van der Waals surface area contributed by atoms with E-state index < -0.39 is 23.4 Å². The van der Waals surface area contributed by atoms with Crippen LogP contribution in [0.4, 0.5) is 11.4 Å². The lowest BCUT2D eigenvalue weighted by molar-refractivity contribution is -0.384. The molecule has 2 aromatic rings. The number of hydrogen-bond acceptors (Lipinski definition) is 5. The largest absolute Gasteiger partial charge is 0.452 e. The number of benzene rings is 2. The molecule has 1 N–H and O–H groups in total. The number of non-ortho nitro benzene ring substituents is 1. The second kappa shape index (κ2) is 6.98. The van der Waals surface area contributed by atoms with E-state index in [0.29, 0.717) is 5.69 Å². The summed E-state index contributed by atoms with van der Waals surface area (Å²) in [5.74, 6) is -1.29. The monoisotopic (exact) mass is 300 g/mol. The van der Waals surface area contributed by atoms with Crippen LogP contribution in [0.1, 0.15) is 10.4 Å². The quantitative estimate of drug-likeness (QED) is 0.519. The minimum Gasteiger partial charge on any atom is -0.452 e. The van der Waals surface area contributed by atoms with Crippen LogP contribution in [0.2, 0.25) is 0 Å². The molecule has 0 saturated carbocycles. The molecule has 112 valence electrons. The van der Waals surface area contributed by atoms with Crippen molar-refractivity contribution >= 4 is 23.3 Å². The summed E-state index contributed by atoms with van der Waals surface area (Å²) in [5.41, 5.74) is 0.379. The number of esters is 1. The van der Waals surface area contributed by atoms with Crippen LogP contribution in [-0.2, 0) is 9.53 Å². The van der Waals surface area contributed by atoms with Crippen LogP contribution in [0.25, 0.3) is 0 Å². The Balaban J connectivity index is 1.91. The maximum atomic E-state index is 11.8. The minimum atomic E-state index is -0.799. The van der Waals surface area contributed by atoms with E-state index in [9.17, 15) is 19.7 Å². The third-order valence-electron chi connectivity index (χ3n) is 2.68. The topological polar surface area (TPSA) is 98.5 Å². The number of hydrogen-bond donors (Lipinski definition) is 1. The average Bonchev–Trinajstić information content (AvgIpc) is 2.53. The Kier molecular flexibility index (Phi) is 4.81. The first kappa shape index (κ1) is 15.2. The molecule has 0 unspecified atom stereocenters. The van der Waals surface area contributed by atoms with E-state index >= 15 is 0 Å². The lowest BCUT2D eigenvalue weighted by Crippen LogP contribution is -2.20. The molecule has 0 spiro atoms. The van der Waals surface area contributed by atoms with Gasteiger partial charge in [-0.3, -0.25) is 14.9 Å². The zero-order valence-electron chi connectivity index (χ0n) is 11.4. The van der Waals surface area contributed by atoms with Crippen LogP contribution < -0.4 is 5.32 Å². The van der Waals surface area contributed by atoms with Crippen LogP contribution in [0, 0.1) is 10.1 Å². The summed E-state index contributed by atoms with van der Waals surface area (Å²) in [6.45, 7) is -0.476. The number of nitrogens with zero attached hydrogens (tertiary/aromatic N) is 1. The molecule has 0 radical (unpaired) electrons. The Hall–Kier alpha value is -3.22. The predicted octanol–water partition coefficient (Wildman–Crippen LogP) is 2.39. The molecule has 2 rings (SSSR count). The van der Waals surface area contributed by atoms with Crippen molar-refractivity contribution in [1.29, 1.82) is 0 Å². The predicted molar refractivity (Wildman–Crippen MR) is 78.5 cm³/mol. The average molecular weight is 300 g/mol.